The zero-order valence-electron chi connectivity index (χ0n) is 16.4. The van der Waals surface area contributed by atoms with Gasteiger partial charge in [-0.3, -0.25) is 9.69 Å². The fraction of sp³-hybridized carbons (Fsp3) is 0.500. The van der Waals surface area contributed by atoms with Crippen molar-refractivity contribution < 1.29 is 14.3 Å². The van der Waals surface area contributed by atoms with E-state index >= 15 is 0 Å². The van der Waals surface area contributed by atoms with E-state index in [0.29, 0.717) is 32.1 Å². The molecule has 150 valence electrons. The predicted octanol–water partition coefficient (Wildman–Crippen LogP) is 4.17. The lowest BCUT2D eigenvalue weighted by atomic mass is 10.1. The highest BCUT2D eigenvalue weighted by atomic mass is 32.1. The first-order chi connectivity index (χ1) is 13.7. The summed E-state index contributed by atoms with van der Waals surface area (Å²) in [5.41, 5.74) is 0.858. The van der Waals surface area contributed by atoms with Gasteiger partial charge in [0.05, 0.1) is 13.1 Å². The molecule has 1 saturated carbocycles. The van der Waals surface area contributed by atoms with Crippen LogP contribution in [0.1, 0.15) is 30.6 Å². The Morgan fingerprint density at radius 2 is 1.93 bits per heavy atom. The van der Waals surface area contributed by atoms with Gasteiger partial charge in [-0.2, -0.15) is 0 Å². The average molecular weight is 401 g/mol. The lowest BCUT2D eigenvalue weighted by Gasteiger charge is -2.28. The van der Waals surface area contributed by atoms with Crippen molar-refractivity contribution in [1.82, 2.24) is 4.90 Å². The Balaban J connectivity index is 1.50. The number of likely N-dealkylation sites (N-methyl/N-ethyl adjacent to an activating group) is 1. The third-order valence-corrected chi connectivity index (χ3v) is 6.34. The molecule has 1 aliphatic heterocycles. The highest BCUT2D eigenvalue weighted by Gasteiger charge is 2.23. The maximum atomic E-state index is 13.2. The van der Waals surface area contributed by atoms with Crippen LogP contribution in [-0.2, 0) is 11.3 Å². The zero-order chi connectivity index (χ0) is 19.3. The van der Waals surface area contributed by atoms with Gasteiger partial charge in [0.15, 0.2) is 11.5 Å². The molecule has 0 unspecified atom stereocenters. The summed E-state index contributed by atoms with van der Waals surface area (Å²) in [6.45, 7) is 3.11. The number of carbonyl (C=O) groups excluding carboxylic acids is 1. The van der Waals surface area contributed by atoms with Crippen LogP contribution in [0.3, 0.4) is 0 Å². The average Bonchev–Trinajstić information content (AvgIpc) is 3.39. The number of benzene rings is 1. The summed E-state index contributed by atoms with van der Waals surface area (Å²) in [6.07, 6.45) is 5.24. The SMILES string of the molecule is CN(CC(=O)N(Cc1cccs1)c1ccc2c(c1)OCCO2)CC1CCCC1. The molecule has 2 heterocycles. The molecule has 1 aromatic carbocycles. The third kappa shape index (κ3) is 4.67. The van der Waals surface area contributed by atoms with Gasteiger partial charge in [-0.05, 0) is 49.4 Å². The molecule has 0 N–H and O–H groups in total. The Bertz CT molecular complexity index is 787. The number of nitrogens with zero attached hydrogens (tertiary/aromatic N) is 2. The highest BCUT2D eigenvalue weighted by Crippen LogP contribution is 2.35. The molecule has 6 heteroatoms. The Morgan fingerprint density at radius 1 is 1.14 bits per heavy atom. The second-order valence-corrected chi connectivity index (χ2v) is 8.77. The molecule has 0 atom stereocenters. The molecule has 0 radical (unpaired) electrons. The predicted molar refractivity (Wildman–Crippen MR) is 112 cm³/mol. The van der Waals surface area contributed by atoms with Gasteiger partial charge in [0.1, 0.15) is 13.2 Å². The Morgan fingerprint density at radius 3 is 2.68 bits per heavy atom. The number of hydrogen-bond acceptors (Lipinski definition) is 5. The molecule has 0 bridgehead atoms. The first kappa shape index (κ1) is 19.3. The number of amides is 1. The van der Waals surface area contributed by atoms with Crippen molar-refractivity contribution in [1.29, 1.82) is 0 Å². The minimum Gasteiger partial charge on any atom is -0.486 e. The summed E-state index contributed by atoms with van der Waals surface area (Å²) in [6, 6.07) is 9.89. The number of anilines is 1. The molecule has 1 aromatic heterocycles. The summed E-state index contributed by atoms with van der Waals surface area (Å²) in [5, 5.41) is 2.05. The largest absolute Gasteiger partial charge is 0.486 e. The molecular formula is C22H28N2O3S. The van der Waals surface area contributed by atoms with E-state index in [1.54, 1.807) is 11.3 Å². The van der Waals surface area contributed by atoms with E-state index in [-0.39, 0.29) is 5.91 Å². The van der Waals surface area contributed by atoms with Gasteiger partial charge >= 0.3 is 0 Å². The van der Waals surface area contributed by atoms with E-state index in [1.165, 1.54) is 30.6 Å². The summed E-state index contributed by atoms with van der Waals surface area (Å²) in [7, 11) is 2.06. The maximum Gasteiger partial charge on any atom is 0.241 e. The van der Waals surface area contributed by atoms with Gasteiger partial charge in [0.25, 0.3) is 0 Å². The summed E-state index contributed by atoms with van der Waals surface area (Å²) in [5.74, 6) is 2.31. The summed E-state index contributed by atoms with van der Waals surface area (Å²) >= 11 is 1.67. The molecule has 2 aliphatic rings. The second kappa shape index (κ2) is 8.97. The number of hydrogen-bond donors (Lipinski definition) is 0. The van der Waals surface area contributed by atoms with Crippen LogP contribution >= 0.6 is 11.3 Å². The molecule has 0 saturated heterocycles. The van der Waals surface area contributed by atoms with Gasteiger partial charge < -0.3 is 14.4 Å². The van der Waals surface area contributed by atoms with E-state index in [0.717, 1.165) is 23.9 Å². The smallest absolute Gasteiger partial charge is 0.241 e. The zero-order valence-corrected chi connectivity index (χ0v) is 17.2. The molecule has 0 spiro atoms. The molecule has 2 aromatic rings. The van der Waals surface area contributed by atoms with Crippen molar-refractivity contribution in [3.63, 3.8) is 0 Å². The van der Waals surface area contributed by atoms with Crippen LogP contribution in [0.2, 0.25) is 0 Å². The molecule has 5 nitrogen and oxygen atoms in total. The molecule has 1 amide bonds. The van der Waals surface area contributed by atoms with Crippen LogP contribution in [0, 0.1) is 5.92 Å². The molecule has 4 rings (SSSR count). The minimum atomic E-state index is 0.116. The quantitative estimate of drug-likeness (QED) is 0.699. The van der Waals surface area contributed by atoms with E-state index in [1.807, 2.05) is 34.5 Å². The van der Waals surface area contributed by atoms with Crippen LogP contribution in [0.25, 0.3) is 0 Å². The highest BCUT2D eigenvalue weighted by molar-refractivity contribution is 7.09. The fourth-order valence-corrected chi connectivity index (χ4v) is 4.79. The normalized spacial score (nSPS) is 16.5. The lowest BCUT2D eigenvalue weighted by Crippen LogP contribution is -2.40. The van der Waals surface area contributed by atoms with Crippen molar-refractivity contribution >= 4 is 22.9 Å². The molecule has 1 aliphatic carbocycles. The maximum absolute atomic E-state index is 13.2. The van der Waals surface area contributed by atoms with Crippen molar-refractivity contribution in [2.24, 2.45) is 5.92 Å². The summed E-state index contributed by atoms with van der Waals surface area (Å²) < 4.78 is 11.4. The van der Waals surface area contributed by atoms with Gasteiger partial charge in [0.2, 0.25) is 5.91 Å². The van der Waals surface area contributed by atoms with Crippen LogP contribution in [-0.4, -0.2) is 44.2 Å². The van der Waals surface area contributed by atoms with Gasteiger partial charge in [-0.1, -0.05) is 18.9 Å². The number of thiophene rings is 1. The van der Waals surface area contributed by atoms with Gasteiger partial charge in [-0.15, -0.1) is 11.3 Å². The van der Waals surface area contributed by atoms with Crippen molar-refractivity contribution in [3.05, 3.63) is 40.6 Å². The van der Waals surface area contributed by atoms with Crippen LogP contribution in [0.15, 0.2) is 35.7 Å². The van der Waals surface area contributed by atoms with Crippen molar-refractivity contribution in [2.45, 2.75) is 32.2 Å². The van der Waals surface area contributed by atoms with E-state index in [4.69, 9.17) is 9.47 Å². The summed E-state index contributed by atoms with van der Waals surface area (Å²) in [4.78, 5) is 18.5. The van der Waals surface area contributed by atoms with Crippen molar-refractivity contribution in [2.75, 3.05) is 38.3 Å². The van der Waals surface area contributed by atoms with E-state index in [9.17, 15) is 4.79 Å². The van der Waals surface area contributed by atoms with Crippen LogP contribution in [0.4, 0.5) is 5.69 Å². The standard InChI is InChI=1S/C22H28N2O3S/c1-23(14-17-5-2-3-6-17)16-22(25)24(15-19-7-4-12-28-19)18-8-9-20-21(13-18)27-11-10-26-20/h4,7-9,12-13,17H,2-3,5-6,10-11,14-16H2,1H3. The number of carbonyl (C=O) groups is 1. The van der Waals surface area contributed by atoms with Crippen LogP contribution < -0.4 is 14.4 Å². The minimum absolute atomic E-state index is 0.116. The molecule has 1 fully saturated rings. The van der Waals surface area contributed by atoms with Gasteiger partial charge in [-0.25, -0.2) is 0 Å². The fourth-order valence-electron chi connectivity index (χ4n) is 4.10. The first-order valence-electron chi connectivity index (χ1n) is 10.1. The van der Waals surface area contributed by atoms with E-state index < -0.39 is 0 Å². The van der Waals surface area contributed by atoms with Gasteiger partial charge in [0, 0.05) is 23.2 Å². The Labute approximate surface area is 170 Å². The third-order valence-electron chi connectivity index (χ3n) is 5.48. The van der Waals surface area contributed by atoms with Crippen molar-refractivity contribution in [3.8, 4) is 11.5 Å². The Kier molecular flexibility index (Phi) is 6.17. The monoisotopic (exact) mass is 400 g/mol. The number of rotatable bonds is 7. The lowest BCUT2D eigenvalue weighted by molar-refractivity contribution is -0.119. The Hall–Kier alpha value is -2.05. The second-order valence-electron chi connectivity index (χ2n) is 7.73. The molecule has 28 heavy (non-hydrogen) atoms. The number of fused-ring (bicyclic) bond motifs is 1. The number of ether oxygens (including phenoxy) is 2. The molecular weight excluding hydrogens is 372 g/mol. The van der Waals surface area contributed by atoms with Crippen LogP contribution in [0.5, 0.6) is 11.5 Å². The first-order valence-corrected chi connectivity index (χ1v) is 11.0. The van der Waals surface area contributed by atoms with E-state index in [2.05, 4.69) is 18.0 Å². The topological polar surface area (TPSA) is 42.0 Å².